The molecule has 1 atom stereocenters. The highest BCUT2D eigenvalue weighted by Gasteiger charge is 2.29. The molecule has 1 aromatic carbocycles. The molecule has 1 fully saturated rings. The number of halogens is 1. The van der Waals surface area contributed by atoms with Gasteiger partial charge in [0.25, 0.3) is 0 Å². The Hall–Kier alpha value is -1.18. The molecule has 112 valence electrons. The quantitative estimate of drug-likeness (QED) is 0.885. The van der Waals surface area contributed by atoms with Crippen molar-refractivity contribution >= 4 is 15.9 Å². The number of para-hydroxylation sites is 1. The number of aryl methyl sites for hydroxylation is 1. The largest absolute Gasteiger partial charge is 0.396 e. The van der Waals surface area contributed by atoms with E-state index in [9.17, 15) is 12.8 Å². The summed E-state index contributed by atoms with van der Waals surface area (Å²) in [5.74, 6) is -0.647. The Morgan fingerprint density at radius 2 is 2.25 bits per heavy atom. The van der Waals surface area contributed by atoms with Crippen molar-refractivity contribution in [3.05, 3.63) is 29.6 Å². The summed E-state index contributed by atoms with van der Waals surface area (Å²) in [6.45, 7) is 2.26. The van der Waals surface area contributed by atoms with Crippen LogP contribution in [-0.2, 0) is 10.2 Å². The summed E-state index contributed by atoms with van der Waals surface area (Å²) in [6.07, 6.45) is 1.50. The first-order valence-electron chi connectivity index (χ1n) is 6.58. The van der Waals surface area contributed by atoms with Crippen molar-refractivity contribution in [2.45, 2.75) is 19.8 Å². The van der Waals surface area contributed by atoms with E-state index in [-0.39, 0.29) is 24.8 Å². The van der Waals surface area contributed by atoms with Crippen LogP contribution >= 0.6 is 0 Å². The number of nitrogens with zero attached hydrogens (tertiary/aromatic N) is 1. The summed E-state index contributed by atoms with van der Waals surface area (Å²) in [5, 5.41) is 9.15. The van der Waals surface area contributed by atoms with Gasteiger partial charge in [0.15, 0.2) is 0 Å². The molecule has 0 radical (unpaired) electrons. The number of benzene rings is 1. The Bertz CT molecular complexity index is 557. The lowest BCUT2D eigenvalue weighted by atomic mass is 10.0. The second kappa shape index (κ2) is 6.07. The first-order valence-corrected chi connectivity index (χ1v) is 8.02. The van der Waals surface area contributed by atoms with Gasteiger partial charge in [-0.05, 0) is 37.3 Å². The van der Waals surface area contributed by atoms with Gasteiger partial charge in [-0.15, -0.1) is 0 Å². The summed E-state index contributed by atoms with van der Waals surface area (Å²) in [5.41, 5.74) is 0.517. The SMILES string of the molecule is Cc1cccc(F)c1NS(=O)(=O)N1CCCC(CO)C1. The molecule has 20 heavy (non-hydrogen) atoms. The van der Waals surface area contributed by atoms with Gasteiger partial charge >= 0.3 is 10.2 Å². The fourth-order valence-corrected chi connectivity index (χ4v) is 3.77. The van der Waals surface area contributed by atoms with E-state index in [0.29, 0.717) is 18.5 Å². The van der Waals surface area contributed by atoms with Crippen LogP contribution in [-0.4, -0.2) is 37.5 Å². The number of hydrogen-bond donors (Lipinski definition) is 2. The zero-order valence-electron chi connectivity index (χ0n) is 11.3. The molecule has 0 aromatic heterocycles. The van der Waals surface area contributed by atoms with Crippen molar-refractivity contribution in [1.29, 1.82) is 0 Å². The van der Waals surface area contributed by atoms with Gasteiger partial charge in [0.05, 0.1) is 5.69 Å². The zero-order valence-corrected chi connectivity index (χ0v) is 12.2. The summed E-state index contributed by atoms with van der Waals surface area (Å²) in [4.78, 5) is 0. The van der Waals surface area contributed by atoms with Crippen molar-refractivity contribution in [3.8, 4) is 0 Å². The predicted molar refractivity (Wildman–Crippen MR) is 75.1 cm³/mol. The Balaban J connectivity index is 2.19. The minimum Gasteiger partial charge on any atom is -0.396 e. The molecule has 7 heteroatoms. The monoisotopic (exact) mass is 302 g/mol. The maximum absolute atomic E-state index is 13.7. The van der Waals surface area contributed by atoms with E-state index in [2.05, 4.69) is 4.72 Å². The van der Waals surface area contributed by atoms with Crippen LogP contribution in [0.2, 0.25) is 0 Å². The van der Waals surface area contributed by atoms with Crippen LogP contribution in [0.1, 0.15) is 18.4 Å². The molecule has 2 rings (SSSR count). The molecule has 1 saturated heterocycles. The van der Waals surface area contributed by atoms with Crippen LogP contribution in [0, 0.1) is 18.7 Å². The number of anilines is 1. The number of aliphatic hydroxyl groups excluding tert-OH is 1. The van der Waals surface area contributed by atoms with E-state index < -0.39 is 16.0 Å². The number of rotatable bonds is 4. The second-order valence-electron chi connectivity index (χ2n) is 5.09. The molecular weight excluding hydrogens is 283 g/mol. The van der Waals surface area contributed by atoms with Gasteiger partial charge in [-0.1, -0.05) is 12.1 Å². The number of hydrogen-bond acceptors (Lipinski definition) is 3. The zero-order chi connectivity index (χ0) is 14.8. The van der Waals surface area contributed by atoms with Crippen LogP contribution in [0.15, 0.2) is 18.2 Å². The van der Waals surface area contributed by atoms with E-state index >= 15 is 0 Å². The maximum atomic E-state index is 13.7. The first kappa shape index (κ1) is 15.2. The lowest BCUT2D eigenvalue weighted by molar-refractivity contribution is 0.166. The lowest BCUT2D eigenvalue weighted by Crippen LogP contribution is -2.43. The maximum Gasteiger partial charge on any atom is 0.301 e. The van der Waals surface area contributed by atoms with Crippen molar-refractivity contribution in [3.63, 3.8) is 0 Å². The Labute approximate surface area is 118 Å². The Kier molecular flexibility index (Phi) is 4.62. The third kappa shape index (κ3) is 3.28. The van der Waals surface area contributed by atoms with E-state index in [1.54, 1.807) is 13.0 Å². The van der Waals surface area contributed by atoms with Crippen molar-refractivity contribution in [2.75, 3.05) is 24.4 Å². The molecule has 5 nitrogen and oxygen atoms in total. The van der Waals surface area contributed by atoms with Crippen molar-refractivity contribution in [1.82, 2.24) is 4.31 Å². The fraction of sp³-hybridized carbons (Fsp3) is 0.538. The average molecular weight is 302 g/mol. The number of piperidine rings is 1. The average Bonchev–Trinajstić information content (AvgIpc) is 2.43. The van der Waals surface area contributed by atoms with E-state index in [1.165, 1.54) is 16.4 Å². The van der Waals surface area contributed by atoms with Gasteiger partial charge in [0.2, 0.25) is 0 Å². The van der Waals surface area contributed by atoms with E-state index in [0.717, 1.165) is 6.42 Å². The fourth-order valence-electron chi connectivity index (χ4n) is 2.35. The van der Waals surface area contributed by atoms with Gasteiger partial charge in [-0.2, -0.15) is 12.7 Å². The molecule has 1 heterocycles. The van der Waals surface area contributed by atoms with Crippen LogP contribution < -0.4 is 4.72 Å². The molecular formula is C13H19FN2O3S. The molecule has 0 saturated carbocycles. The second-order valence-corrected chi connectivity index (χ2v) is 6.76. The predicted octanol–water partition coefficient (Wildman–Crippen LogP) is 1.50. The van der Waals surface area contributed by atoms with Gasteiger partial charge in [-0.3, -0.25) is 4.72 Å². The molecule has 0 aliphatic carbocycles. The lowest BCUT2D eigenvalue weighted by Gasteiger charge is -2.31. The van der Waals surface area contributed by atoms with Gasteiger partial charge in [0.1, 0.15) is 5.82 Å². The van der Waals surface area contributed by atoms with E-state index in [1.807, 2.05) is 0 Å². The highest BCUT2D eigenvalue weighted by atomic mass is 32.2. The van der Waals surface area contributed by atoms with Gasteiger partial charge < -0.3 is 5.11 Å². The van der Waals surface area contributed by atoms with Crippen LogP contribution in [0.3, 0.4) is 0 Å². The highest BCUT2D eigenvalue weighted by molar-refractivity contribution is 7.90. The molecule has 2 N–H and O–H groups in total. The number of nitrogens with one attached hydrogen (secondary N) is 1. The molecule has 1 aliphatic rings. The molecule has 1 aromatic rings. The Morgan fingerprint density at radius 3 is 2.90 bits per heavy atom. The Morgan fingerprint density at radius 1 is 1.50 bits per heavy atom. The summed E-state index contributed by atoms with van der Waals surface area (Å²) in [6, 6.07) is 4.40. The number of aliphatic hydroxyl groups is 1. The molecule has 1 aliphatic heterocycles. The van der Waals surface area contributed by atoms with Crippen molar-refractivity contribution in [2.24, 2.45) is 5.92 Å². The van der Waals surface area contributed by atoms with Crippen LogP contribution in [0.5, 0.6) is 0 Å². The normalized spacial score (nSPS) is 20.9. The van der Waals surface area contributed by atoms with Crippen LogP contribution in [0.25, 0.3) is 0 Å². The van der Waals surface area contributed by atoms with E-state index in [4.69, 9.17) is 5.11 Å². The molecule has 0 spiro atoms. The molecule has 1 unspecified atom stereocenters. The molecule has 0 bridgehead atoms. The summed E-state index contributed by atoms with van der Waals surface area (Å²) < 4.78 is 41.9. The minimum absolute atomic E-state index is 0.0152. The topological polar surface area (TPSA) is 69.6 Å². The summed E-state index contributed by atoms with van der Waals surface area (Å²) >= 11 is 0. The third-order valence-electron chi connectivity index (χ3n) is 3.53. The smallest absolute Gasteiger partial charge is 0.301 e. The standard InChI is InChI=1S/C13H19FN2O3S/c1-10-4-2-6-12(14)13(10)15-20(18,19)16-7-3-5-11(8-16)9-17/h2,4,6,11,15,17H,3,5,7-9H2,1H3. The molecule has 0 amide bonds. The summed E-state index contributed by atoms with van der Waals surface area (Å²) in [7, 11) is -3.79. The third-order valence-corrected chi connectivity index (χ3v) is 5.01. The van der Waals surface area contributed by atoms with Crippen molar-refractivity contribution < 1.29 is 17.9 Å². The van der Waals surface area contributed by atoms with Gasteiger partial charge in [0, 0.05) is 19.7 Å². The van der Waals surface area contributed by atoms with Crippen LogP contribution in [0.4, 0.5) is 10.1 Å². The highest BCUT2D eigenvalue weighted by Crippen LogP contribution is 2.24. The minimum atomic E-state index is -3.79. The van der Waals surface area contributed by atoms with Gasteiger partial charge in [-0.25, -0.2) is 4.39 Å². The first-order chi connectivity index (χ1) is 9.44.